The summed E-state index contributed by atoms with van der Waals surface area (Å²) < 4.78 is 5.68. The number of nitrogens with zero attached hydrogens (tertiary/aromatic N) is 1. The Kier molecular flexibility index (Phi) is 2.90. The third-order valence-electron chi connectivity index (χ3n) is 5.63. The van der Waals surface area contributed by atoms with Crippen LogP contribution in [0.25, 0.3) is 0 Å². The molecule has 3 heteroatoms. The van der Waals surface area contributed by atoms with Crippen molar-refractivity contribution in [2.45, 2.75) is 25.3 Å². The zero-order valence-corrected chi connectivity index (χ0v) is 11.3. The third kappa shape index (κ3) is 1.85. The number of fused-ring (bicyclic) bond motifs is 3. The average Bonchev–Trinajstić information content (AvgIpc) is 3.00. The number of hydrogen-bond acceptors (Lipinski definition) is 3. The van der Waals surface area contributed by atoms with Gasteiger partial charge in [0.2, 0.25) is 0 Å². The molecule has 4 fully saturated rings. The van der Waals surface area contributed by atoms with E-state index in [2.05, 4.69) is 16.7 Å². The van der Waals surface area contributed by atoms with Crippen molar-refractivity contribution in [3.05, 3.63) is 0 Å². The maximum Gasteiger partial charge on any atom is 0.0501 e. The molecular formula is C14H23NOS. The van der Waals surface area contributed by atoms with Crippen molar-refractivity contribution in [2.75, 3.05) is 37.8 Å². The molecule has 3 saturated heterocycles. The molecule has 0 spiro atoms. The molecule has 3 heterocycles. The molecule has 0 N–H and O–H groups in total. The topological polar surface area (TPSA) is 12.5 Å². The van der Waals surface area contributed by atoms with Crippen LogP contribution in [-0.2, 0) is 4.74 Å². The Morgan fingerprint density at radius 1 is 0.941 bits per heavy atom. The normalized spacial score (nSPS) is 47.3. The first-order valence-electron chi connectivity index (χ1n) is 7.31. The second kappa shape index (κ2) is 4.43. The van der Waals surface area contributed by atoms with Crippen LogP contribution in [0.1, 0.15) is 19.3 Å². The Morgan fingerprint density at radius 2 is 1.82 bits per heavy atom. The molecule has 3 aliphatic heterocycles. The predicted molar refractivity (Wildman–Crippen MR) is 71.3 cm³/mol. The summed E-state index contributed by atoms with van der Waals surface area (Å²) in [5.74, 6) is 6.63. The summed E-state index contributed by atoms with van der Waals surface area (Å²) in [5.41, 5.74) is 0. The highest BCUT2D eigenvalue weighted by atomic mass is 32.2. The van der Waals surface area contributed by atoms with Gasteiger partial charge in [0, 0.05) is 25.7 Å². The number of hydrogen-bond donors (Lipinski definition) is 0. The molecule has 17 heavy (non-hydrogen) atoms. The zero-order chi connectivity index (χ0) is 11.2. The van der Waals surface area contributed by atoms with Crippen molar-refractivity contribution >= 4 is 11.8 Å². The van der Waals surface area contributed by atoms with E-state index in [0.29, 0.717) is 0 Å². The molecule has 0 bridgehead atoms. The van der Waals surface area contributed by atoms with E-state index in [0.717, 1.165) is 42.9 Å². The highest BCUT2D eigenvalue weighted by Crippen LogP contribution is 2.49. The van der Waals surface area contributed by atoms with Crippen molar-refractivity contribution in [1.29, 1.82) is 0 Å². The number of rotatable bonds is 1. The van der Waals surface area contributed by atoms with Gasteiger partial charge in [0.25, 0.3) is 0 Å². The summed E-state index contributed by atoms with van der Waals surface area (Å²) >= 11 is 2.15. The van der Waals surface area contributed by atoms with Crippen molar-refractivity contribution < 1.29 is 4.74 Å². The van der Waals surface area contributed by atoms with Crippen LogP contribution < -0.4 is 0 Å². The van der Waals surface area contributed by atoms with Crippen LogP contribution in [0.15, 0.2) is 0 Å². The van der Waals surface area contributed by atoms with Gasteiger partial charge >= 0.3 is 0 Å². The molecule has 4 atom stereocenters. The third-order valence-corrected chi connectivity index (χ3v) is 6.68. The summed E-state index contributed by atoms with van der Waals surface area (Å²) in [4.78, 5) is 2.84. The smallest absolute Gasteiger partial charge is 0.0501 e. The molecule has 1 saturated carbocycles. The van der Waals surface area contributed by atoms with E-state index < -0.39 is 0 Å². The number of ether oxygens (including phenoxy) is 1. The lowest BCUT2D eigenvalue weighted by Crippen LogP contribution is -2.37. The highest BCUT2D eigenvalue weighted by molar-refractivity contribution is 7.99. The van der Waals surface area contributed by atoms with Gasteiger partial charge in [-0.05, 0) is 54.4 Å². The molecule has 0 aromatic rings. The highest BCUT2D eigenvalue weighted by Gasteiger charge is 2.50. The quantitative estimate of drug-likeness (QED) is 0.710. The van der Waals surface area contributed by atoms with E-state index >= 15 is 0 Å². The van der Waals surface area contributed by atoms with Crippen LogP contribution in [0, 0.1) is 23.7 Å². The summed E-state index contributed by atoms with van der Waals surface area (Å²) in [6.07, 6.45) is 4.34. The summed E-state index contributed by atoms with van der Waals surface area (Å²) in [7, 11) is 0. The zero-order valence-electron chi connectivity index (χ0n) is 10.5. The Hall–Kier alpha value is 0.270. The van der Waals surface area contributed by atoms with Crippen LogP contribution in [0.2, 0.25) is 0 Å². The fourth-order valence-electron chi connectivity index (χ4n) is 4.73. The van der Waals surface area contributed by atoms with Gasteiger partial charge in [-0.15, -0.1) is 0 Å². The minimum atomic E-state index is 0.919. The lowest BCUT2D eigenvalue weighted by atomic mass is 9.91. The monoisotopic (exact) mass is 253 g/mol. The van der Waals surface area contributed by atoms with E-state index in [9.17, 15) is 0 Å². The first-order valence-corrected chi connectivity index (χ1v) is 8.47. The van der Waals surface area contributed by atoms with E-state index in [1.54, 1.807) is 0 Å². The van der Waals surface area contributed by atoms with Crippen LogP contribution in [-0.4, -0.2) is 48.8 Å². The minimum Gasteiger partial charge on any atom is -0.381 e. The molecule has 1 aliphatic carbocycles. The molecule has 0 amide bonds. The Bertz CT molecular complexity index is 292. The fourth-order valence-corrected chi connectivity index (χ4v) is 5.82. The molecule has 0 aromatic heterocycles. The molecule has 0 aromatic carbocycles. The van der Waals surface area contributed by atoms with Crippen molar-refractivity contribution in [2.24, 2.45) is 23.7 Å². The van der Waals surface area contributed by atoms with Gasteiger partial charge in [-0.1, -0.05) is 0 Å². The van der Waals surface area contributed by atoms with Crippen LogP contribution >= 0.6 is 11.8 Å². The Balaban J connectivity index is 1.43. The molecule has 0 radical (unpaired) electrons. The summed E-state index contributed by atoms with van der Waals surface area (Å²) in [6.45, 7) is 4.94. The van der Waals surface area contributed by atoms with Crippen molar-refractivity contribution in [3.8, 4) is 0 Å². The lowest BCUT2D eigenvalue weighted by Gasteiger charge is -2.32. The molecular weight excluding hydrogens is 230 g/mol. The van der Waals surface area contributed by atoms with Crippen LogP contribution in [0.4, 0.5) is 0 Å². The lowest BCUT2D eigenvalue weighted by molar-refractivity contribution is 0.157. The maximum atomic E-state index is 5.68. The van der Waals surface area contributed by atoms with Gasteiger partial charge in [-0.2, -0.15) is 11.8 Å². The second-order valence-electron chi connectivity index (χ2n) is 6.42. The predicted octanol–water partition coefficient (Wildman–Crippen LogP) is 2.10. The first kappa shape index (κ1) is 11.1. The van der Waals surface area contributed by atoms with E-state index in [4.69, 9.17) is 4.74 Å². The van der Waals surface area contributed by atoms with Gasteiger partial charge in [-0.3, -0.25) is 4.90 Å². The van der Waals surface area contributed by atoms with Gasteiger partial charge < -0.3 is 4.74 Å². The molecule has 96 valence electrons. The van der Waals surface area contributed by atoms with Crippen LogP contribution in [0.3, 0.4) is 0 Å². The van der Waals surface area contributed by atoms with E-state index in [1.165, 1.54) is 43.9 Å². The second-order valence-corrected chi connectivity index (χ2v) is 7.64. The van der Waals surface area contributed by atoms with Gasteiger partial charge in [0.15, 0.2) is 0 Å². The van der Waals surface area contributed by atoms with Crippen LogP contribution in [0.5, 0.6) is 0 Å². The van der Waals surface area contributed by atoms with Crippen molar-refractivity contribution in [3.63, 3.8) is 0 Å². The molecule has 2 nitrogen and oxygen atoms in total. The van der Waals surface area contributed by atoms with E-state index in [-0.39, 0.29) is 0 Å². The fraction of sp³-hybridized carbons (Fsp3) is 1.00. The molecule has 4 rings (SSSR count). The largest absolute Gasteiger partial charge is 0.381 e. The molecule has 0 unspecified atom stereocenters. The minimum absolute atomic E-state index is 0.919. The average molecular weight is 253 g/mol. The maximum absolute atomic E-state index is 5.68. The Labute approximate surface area is 108 Å². The van der Waals surface area contributed by atoms with Gasteiger partial charge in [0.1, 0.15) is 0 Å². The Morgan fingerprint density at radius 3 is 2.71 bits per heavy atom. The summed E-state index contributed by atoms with van der Waals surface area (Å²) in [6, 6.07) is 0.919. The van der Waals surface area contributed by atoms with Gasteiger partial charge in [-0.25, -0.2) is 0 Å². The number of thioether (sulfide) groups is 1. The van der Waals surface area contributed by atoms with E-state index in [1.807, 2.05) is 0 Å². The SMILES string of the molecule is C1CC(N2C[C@@H]3C[C@@H]4COC[C@@H]4[C@@H]3C2)CCS1. The van der Waals surface area contributed by atoms with Gasteiger partial charge in [0.05, 0.1) is 6.61 Å². The molecule has 4 aliphatic rings. The number of likely N-dealkylation sites (tertiary alicyclic amines) is 1. The standard InChI is InChI=1S/C14H23NOS/c1-3-17-4-2-12(1)15-6-10-5-11-8-16-9-14(11)13(10)7-15/h10-14H,1-9H2/t10-,11+,13+,14-/m0/s1. The first-order chi connectivity index (χ1) is 8.42. The summed E-state index contributed by atoms with van der Waals surface area (Å²) in [5, 5.41) is 0. The van der Waals surface area contributed by atoms with Crippen molar-refractivity contribution in [1.82, 2.24) is 4.90 Å².